The zero-order chi connectivity index (χ0) is 18.6. The molecule has 136 valence electrons. The number of fused-ring (bicyclic) bond motifs is 1. The normalized spacial score (nSPS) is 12.5. The van der Waals surface area contributed by atoms with E-state index >= 15 is 0 Å². The summed E-state index contributed by atoms with van der Waals surface area (Å²) in [4.78, 5) is 13.5. The van der Waals surface area contributed by atoms with Gasteiger partial charge >= 0.3 is 0 Å². The van der Waals surface area contributed by atoms with Crippen molar-refractivity contribution in [2.24, 2.45) is 5.16 Å². The van der Waals surface area contributed by atoms with Crippen LogP contribution in [0.4, 0.5) is 0 Å². The minimum atomic E-state index is -0.659. The van der Waals surface area contributed by atoms with Crippen molar-refractivity contribution in [3.63, 3.8) is 0 Å². The Balaban J connectivity index is 1.72. The average Bonchev–Trinajstić information content (AvgIpc) is 3.37. The number of hydrogen-bond donors (Lipinski definition) is 0. The summed E-state index contributed by atoms with van der Waals surface area (Å²) in [5.74, 6) is 0.967. The van der Waals surface area contributed by atoms with E-state index in [0.717, 1.165) is 21.3 Å². The van der Waals surface area contributed by atoms with Gasteiger partial charge in [0.05, 0.1) is 27.6 Å². The molecule has 0 fully saturated rings. The van der Waals surface area contributed by atoms with Crippen LogP contribution < -0.4 is 4.74 Å². The Bertz CT molecular complexity index is 1080. The summed E-state index contributed by atoms with van der Waals surface area (Å²) in [6.07, 6.45) is 3.97. The van der Waals surface area contributed by atoms with Crippen LogP contribution in [-0.4, -0.2) is 33.5 Å². The lowest BCUT2D eigenvalue weighted by Crippen LogP contribution is -2.13. The minimum Gasteiger partial charge on any atom is -0.474 e. The summed E-state index contributed by atoms with van der Waals surface area (Å²) in [6.45, 7) is 1.94. The van der Waals surface area contributed by atoms with Crippen molar-refractivity contribution in [2.75, 3.05) is 7.11 Å². The van der Waals surface area contributed by atoms with Crippen LogP contribution in [0, 0.1) is 6.92 Å². The van der Waals surface area contributed by atoms with E-state index < -0.39 is 6.10 Å². The quantitative estimate of drug-likeness (QED) is 0.372. The van der Waals surface area contributed by atoms with Crippen molar-refractivity contribution in [3.8, 4) is 5.75 Å². The lowest BCUT2D eigenvalue weighted by molar-refractivity contribution is 0.203. The number of hydrogen-bond acceptors (Lipinski definition) is 9. The Morgan fingerprint density at radius 3 is 3.00 bits per heavy atom. The maximum absolute atomic E-state index is 6.17. The first-order valence-corrected chi connectivity index (χ1v) is 8.91. The molecule has 4 rings (SSSR count). The molecular weight excluding hydrogens is 366 g/mol. The third-order valence-electron chi connectivity index (χ3n) is 3.89. The Labute approximate surface area is 158 Å². The predicted octanol–water partition coefficient (Wildman–Crippen LogP) is 3.53. The van der Waals surface area contributed by atoms with Crippen molar-refractivity contribution >= 4 is 27.8 Å². The highest BCUT2D eigenvalue weighted by Crippen LogP contribution is 2.30. The molecule has 0 amide bonds. The molecule has 27 heavy (non-hydrogen) atoms. The van der Waals surface area contributed by atoms with Crippen LogP contribution in [0.3, 0.4) is 0 Å². The largest absolute Gasteiger partial charge is 0.474 e. The van der Waals surface area contributed by atoms with Crippen molar-refractivity contribution in [3.05, 3.63) is 65.1 Å². The highest BCUT2D eigenvalue weighted by Gasteiger charge is 2.24. The van der Waals surface area contributed by atoms with Crippen molar-refractivity contribution in [2.45, 2.75) is 13.0 Å². The molecule has 3 heterocycles. The number of pyridine rings is 1. The van der Waals surface area contributed by atoms with Gasteiger partial charge in [0.1, 0.15) is 12.9 Å². The highest BCUT2D eigenvalue weighted by molar-refractivity contribution is 7.16. The molecule has 0 saturated carbocycles. The lowest BCUT2D eigenvalue weighted by Gasteiger charge is -2.16. The van der Waals surface area contributed by atoms with E-state index in [1.165, 1.54) is 13.5 Å². The molecule has 1 aromatic carbocycles. The minimum absolute atomic E-state index is 0.311. The maximum Gasteiger partial charge on any atom is 0.263 e. The molecular formula is C18H15N5O3S. The molecule has 3 aromatic heterocycles. The van der Waals surface area contributed by atoms with E-state index in [9.17, 15) is 0 Å². The molecule has 0 N–H and O–H groups in total. The molecule has 0 aliphatic carbocycles. The molecule has 0 aliphatic heterocycles. The summed E-state index contributed by atoms with van der Waals surface area (Å²) in [6, 6.07) is 7.55. The summed E-state index contributed by atoms with van der Waals surface area (Å²) >= 11 is 1.55. The van der Waals surface area contributed by atoms with Gasteiger partial charge in [0.15, 0.2) is 0 Å². The van der Waals surface area contributed by atoms with Crippen LogP contribution in [0.5, 0.6) is 5.75 Å². The van der Waals surface area contributed by atoms with Crippen molar-refractivity contribution in [1.82, 2.24) is 20.2 Å². The topological polar surface area (TPSA) is 95.5 Å². The summed E-state index contributed by atoms with van der Waals surface area (Å²) in [5, 5.41) is 11.6. The molecule has 9 heteroatoms. The van der Waals surface area contributed by atoms with E-state index in [1.807, 2.05) is 31.2 Å². The molecule has 0 bridgehead atoms. The fourth-order valence-corrected chi connectivity index (χ4v) is 3.23. The van der Waals surface area contributed by atoms with Gasteiger partial charge in [0.2, 0.25) is 12.5 Å². The number of thiazole rings is 1. The first-order valence-electron chi connectivity index (χ1n) is 8.03. The monoisotopic (exact) mass is 381 g/mol. The molecule has 0 spiro atoms. The Kier molecular flexibility index (Phi) is 4.75. The molecule has 1 atom stereocenters. The average molecular weight is 381 g/mol. The summed E-state index contributed by atoms with van der Waals surface area (Å²) in [7, 11) is 1.49. The van der Waals surface area contributed by atoms with Crippen LogP contribution in [-0.2, 0) is 4.84 Å². The fraction of sp³-hybridized carbons (Fsp3) is 0.167. The molecule has 0 saturated heterocycles. The van der Waals surface area contributed by atoms with E-state index in [4.69, 9.17) is 14.0 Å². The van der Waals surface area contributed by atoms with Gasteiger partial charge in [-0.1, -0.05) is 5.16 Å². The lowest BCUT2D eigenvalue weighted by atomic mass is 10.1. The zero-order valence-electron chi connectivity index (χ0n) is 14.6. The first-order chi connectivity index (χ1) is 13.2. The zero-order valence-corrected chi connectivity index (χ0v) is 15.4. The van der Waals surface area contributed by atoms with Crippen LogP contribution in [0.25, 0.3) is 10.2 Å². The van der Waals surface area contributed by atoms with Crippen molar-refractivity contribution in [1.29, 1.82) is 0 Å². The molecule has 0 aliphatic rings. The number of aromatic nitrogens is 4. The van der Waals surface area contributed by atoms with Crippen LogP contribution in [0.15, 0.2) is 51.9 Å². The van der Waals surface area contributed by atoms with Crippen LogP contribution in [0.1, 0.15) is 28.8 Å². The second-order valence-corrected chi connectivity index (χ2v) is 6.53. The predicted molar refractivity (Wildman–Crippen MR) is 100.0 cm³/mol. The number of aryl methyl sites for hydroxylation is 1. The number of oxime groups is 1. The second-order valence-electron chi connectivity index (χ2n) is 5.64. The third-order valence-corrected chi connectivity index (χ3v) is 4.68. The number of nitrogens with zero attached hydrogens (tertiary/aromatic N) is 5. The number of ether oxygens (including phenoxy) is 1. The highest BCUT2D eigenvalue weighted by atomic mass is 32.1. The van der Waals surface area contributed by atoms with Crippen molar-refractivity contribution < 1.29 is 14.0 Å². The molecule has 0 radical (unpaired) electrons. The van der Waals surface area contributed by atoms with Crippen LogP contribution in [0.2, 0.25) is 0 Å². The van der Waals surface area contributed by atoms with E-state index in [-0.39, 0.29) is 0 Å². The molecule has 1 unspecified atom stereocenters. The van der Waals surface area contributed by atoms with Gasteiger partial charge in [0, 0.05) is 11.8 Å². The van der Waals surface area contributed by atoms with Gasteiger partial charge in [-0.05, 0) is 36.8 Å². The smallest absolute Gasteiger partial charge is 0.263 e. The van der Waals surface area contributed by atoms with Gasteiger partial charge in [-0.3, -0.25) is 4.98 Å². The number of rotatable bonds is 6. The standard InChI is InChI=1S/C18H15N5O3S/c1-11-7-19-15(5-12(11)8-22-24-2)17(18-23-21-9-25-18)26-13-3-4-14-16(6-13)27-10-20-14/h3-10,17H,1-2H3/b22-8+. The number of benzene rings is 1. The maximum atomic E-state index is 6.17. The van der Waals surface area contributed by atoms with Gasteiger partial charge in [0.25, 0.3) is 5.89 Å². The van der Waals surface area contributed by atoms with Gasteiger partial charge in [-0.15, -0.1) is 21.5 Å². The third kappa shape index (κ3) is 3.63. The van der Waals surface area contributed by atoms with Gasteiger partial charge in [-0.2, -0.15) is 0 Å². The fourth-order valence-electron chi connectivity index (χ4n) is 2.53. The van der Waals surface area contributed by atoms with Gasteiger partial charge < -0.3 is 14.0 Å². The Morgan fingerprint density at radius 2 is 2.19 bits per heavy atom. The van der Waals surface area contributed by atoms with E-state index in [0.29, 0.717) is 17.3 Å². The van der Waals surface area contributed by atoms with Gasteiger partial charge in [-0.25, -0.2) is 4.98 Å². The first kappa shape index (κ1) is 17.1. The van der Waals surface area contributed by atoms with E-state index in [2.05, 4.69) is 25.3 Å². The Morgan fingerprint density at radius 1 is 1.26 bits per heavy atom. The summed E-state index contributed by atoms with van der Waals surface area (Å²) < 4.78 is 12.6. The molecule has 8 nitrogen and oxygen atoms in total. The Hall–Kier alpha value is -3.33. The molecule has 4 aromatic rings. The van der Waals surface area contributed by atoms with Crippen LogP contribution >= 0.6 is 11.3 Å². The van der Waals surface area contributed by atoms with E-state index in [1.54, 1.807) is 29.3 Å². The SMILES string of the molecule is CO/N=C/c1cc(C(Oc2ccc3ncsc3c2)c2nnco2)ncc1C. The summed E-state index contributed by atoms with van der Waals surface area (Å²) in [5.41, 5.74) is 5.15. The second kappa shape index (κ2) is 7.50.